The van der Waals surface area contributed by atoms with Crippen molar-refractivity contribution in [3.63, 3.8) is 0 Å². The fourth-order valence-corrected chi connectivity index (χ4v) is 1.65. The third kappa shape index (κ3) is 2.20. The number of hydrogen-bond acceptors (Lipinski definition) is 5. The van der Waals surface area contributed by atoms with Gasteiger partial charge in [-0.05, 0) is 12.8 Å². The van der Waals surface area contributed by atoms with Crippen LogP contribution in [0.15, 0.2) is 15.8 Å². The van der Waals surface area contributed by atoms with E-state index in [9.17, 15) is 0 Å². The number of anilines is 1. The van der Waals surface area contributed by atoms with E-state index in [1.54, 1.807) is 6.26 Å². The quantitative estimate of drug-likeness (QED) is 0.329. The van der Waals surface area contributed by atoms with Gasteiger partial charge in [0.2, 0.25) is 0 Å². The molecule has 0 atom stereocenters. The number of nitrogens with two attached hydrogens (primary N) is 1. The van der Waals surface area contributed by atoms with Crippen LogP contribution >= 0.6 is 0 Å². The first-order valence-corrected chi connectivity index (χ1v) is 4.95. The largest absolute Gasteiger partial charge is 0.432 e. The molecule has 1 fully saturated rings. The zero-order chi connectivity index (χ0) is 10.7. The Morgan fingerprint density at radius 3 is 3.00 bits per heavy atom. The predicted molar refractivity (Wildman–Crippen MR) is 55.1 cm³/mol. The van der Waals surface area contributed by atoms with Crippen LogP contribution < -0.4 is 10.6 Å². The lowest BCUT2D eigenvalue weighted by atomic mass is 10.3. The van der Waals surface area contributed by atoms with E-state index in [1.807, 2.05) is 0 Å². The maximum Gasteiger partial charge on any atom is 0.297 e. The van der Waals surface area contributed by atoms with Crippen molar-refractivity contribution >= 4 is 11.9 Å². The molecule has 1 aliphatic heterocycles. The average molecular weight is 210 g/mol. The van der Waals surface area contributed by atoms with Gasteiger partial charge in [-0.25, -0.2) is 0 Å². The van der Waals surface area contributed by atoms with Crippen LogP contribution in [0.1, 0.15) is 18.5 Å². The summed E-state index contributed by atoms with van der Waals surface area (Å²) in [5.74, 6) is 0.135. The Labute approximate surface area is 87.4 Å². The number of nitrogens with zero attached hydrogens (tertiary/aromatic N) is 3. The van der Waals surface area contributed by atoms with Gasteiger partial charge in [0.15, 0.2) is 0 Å². The van der Waals surface area contributed by atoms with Gasteiger partial charge in [-0.3, -0.25) is 0 Å². The Hall–Kier alpha value is -1.72. The fraction of sp³-hybridized carbons (Fsp3) is 0.556. The third-order valence-electron chi connectivity index (χ3n) is 2.41. The van der Waals surface area contributed by atoms with Gasteiger partial charge >= 0.3 is 0 Å². The van der Waals surface area contributed by atoms with E-state index < -0.39 is 0 Å². The second kappa shape index (κ2) is 4.20. The smallest absolute Gasteiger partial charge is 0.297 e. The van der Waals surface area contributed by atoms with Crippen molar-refractivity contribution in [1.82, 2.24) is 4.98 Å². The number of oxazole rings is 1. The van der Waals surface area contributed by atoms with Crippen LogP contribution in [-0.4, -0.2) is 29.1 Å². The molecule has 6 heteroatoms. The molecule has 3 N–H and O–H groups in total. The summed E-state index contributed by atoms with van der Waals surface area (Å²) in [6, 6.07) is 0.633. The molecule has 6 nitrogen and oxygen atoms in total. The molecule has 82 valence electrons. The van der Waals surface area contributed by atoms with Crippen LogP contribution in [-0.2, 0) is 6.42 Å². The van der Waals surface area contributed by atoms with Crippen molar-refractivity contribution < 1.29 is 9.62 Å². The Morgan fingerprint density at radius 1 is 1.60 bits per heavy atom. The summed E-state index contributed by atoms with van der Waals surface area (Å²) in [6.45, 7) is 1.98. The van der Waals surface area contributed by atoms with Crippen molar-refractivity contribution in [2.75, 3.05) is 18.0 Å². The predicted octanol–water partition coefficient (Wildman–Crippen LogP) is 0.564. The zero-order valence-electron chi connectivity index (χ0n) is 8.39. The molecule has 2 heterocycles. The van der Waals surface area contributed by atoms with Crippen LogP contribution in [0.3, 0.4) is 0 Å². The first kappa shape index (κ1) is 9.82. The third-order valence-corrected chi connectivity index (χ3v) is 2.41. The monoisotopic (exact) mass is 210 g/mol. The van der Waals surface area contributed by atoms with E-state index in [2.05, 4.69) is 15.0 Å². The Morgan fingerprint density at radius 2 is 2.33 bits per heavy atom. The highest BCUT2D eigenvalue weighted by Gasteiger charge is 2.17. The molecular weight excluding hydrogens is 196 g/mol. The Kier molecular flexibility index (Phi) is 2.75. The van der Waals surface area contributed by atoms with Crippen molar-refractivity contribution in [2.45, 2.75) is 19.3 Å². The van der Waals surface area contributed by atoms with Gasteiger partial charge in [0.05, 0.1) is 12.1 Å². The zero-order valence-corrected chi connectivity index (χ0v) is 8.39. The lowest BCUT2D eigenvalue weighted by Crippen LogP contribution is -2.18. The fourth-order valence-electron chi connectivity index (χ4n) is 1.65. The highest BCUT2D eigenvalue weighted by molar-refractivity contribution is 5.81. The molecule has 0 radical (unpaired) electrons. The highest BCUT2D eigenvalue weighted by atomic mass is 16.4. The summed E-state index contributed by atoms with van der Waals surface area (Å²) >= 11 is 0. The van der Waals surface area contributed by atoms with E-state index in [0.717, 1.165) is 13.1 Å². The maximum atomic E-state index is 8.41. The minimum Gasteiger partial charge on any atom is -0.432 e. The van der Waals surface area contributed by atoms with Crippen LogP contribution in [0.2, 0.25) is 0 Å². The number of amidine groups is 1. The average Bonchev–Trinajstić information content (AvgIpc) is 2.85. The summed E-state index contributed by atoms with van der Waals surface area (Å²) in [7, 11) is 0. The van der Waals surface area contributed by atoms with E-state index in [0.29, 0.717) is 18.1 Å². The first-order valence-electron chi connectivity index (χ1n) is 4.95. The van der Waals surface area contributed by atoms with Crippen molar-refractivity contribution in [2.24, 2.45) is 10.9 Å². The minimum atomic E-state index is 0.135. The van der Waals surface area contributed by atoms with E-state index >= 15 is 0 Å². The van der Waals surface area contributed by atoms with Gasteiger partial charge in [-0.15, -0.1) is 0 Å². The lowest BCUT2D eigenvalue weighted by Gasteiger charge is -2.10. The molecule has 0 unspecified atom stereocenters. The molecule has 0 spiro atoms. The van der Waals surface area contributed by atoms with E-state index in [1.165, 1.54) is 12.8 Å². The van der Waals surface area contributed by atoms with Gasteiger partial charge in [0, 0.05) is 13.1 Å². The molecule has 0 aliphatic carbocycles. The van der Waals surface area contributed by atoms with E-state index in [-0.39, 0.29) is 5.84 Å². The van der Waals surface area contributed by atoms with Gasteiger partial charge in [-0.1, -0.05) is 5.16 Å². The normalized spacial score (nSPS) is 17.3. The maximum absolute atomic E-state index is 8.41. The standard InChI is InChI=1S/C9H14N4O2/c10-8(12-14)5-7-6-15-9(11-7)13-3-1-2-4-13/h6,14H,1-5H2,(H2,10,12). The van der Waals surface area contributed by atoms with Gasteiger partial charge in [-0.2, -0.15) is 4.98 Å². The molecule has 0 bridgehead atoms. The Bertz CT molecular complexity index is 355. The van der Waals surface area contributed by atoms with Crippen LogP contribution in [0, 0.1) is 0 Å². The minimum absolute atomic E-state index is 0.135. The van der Waals surface area contributed by atoms with Crippen LogP contribution in [0.5, 0.6) is 0 Å². The van der Waals surface area contributed by atoms with Gasteiger partial charge < -0.3 is 20.3 Å². The lowest BCUT2D eigenvalue weighted by molar-refractivity contribution is 0.317. The van der Waals surface area contributed by atoms with E-state index in [4.69, 9.17) is 15.4 Å². The Balaban J connectivity index is 2.03. The second-order valence-electron chi connectivity index (χ2n) is 3.58. The summed E-state index contributed by atoms with van der Waals surface area (Å²) in [6.07, 6.45) is 4.22. The van der Waals surface area contributed by atoms with Crippen molar-refractivity contribution in [1.29, 1.82) is 0 Å². The summed E-state index contributed by atoms with van der Waals surface area (Å²) in [4.78, 5) is 6.36. The number of oxime groups is 1. The summed E-state index contributed by atoms with van der Waals surface area (Å²) in [5.41, 5.74) is 6.06. The number of aromatic nitrogens is 1. The molecule has 2 rings (SSSR count). The van der Waals surface area contributed by atoms with Crippen LogP contribution in [0.4, 0.5) is 6.01 Å². The molecule has 15 heavy (non-hydrogen) atoms. The van der Waals surface area contributed by atoms with Crippen molar-refractivity contribution in [3.05, 3.63) is 12.0 Å². The first-order chi connectivity index (χ1) is 7.29. The molecule has 0 amide bonds. The molecular formula is C9H14N4O2. The summed E-state index contributed by atoms with van der Waals surface area (Å²) < 4.78 is 5.32. The number of rotatable bonds is 3. The molecule has 0 aromatic carbocycles. The molecule has 1 aliphatic rings. The molecule has 0 saturated carbocycles. The molecule has 1 saturated heterocycles. The summed E-state index contributed by atoms with van der Waals surface area (Å²) in [5, 5.41) is 11.3. The topological polar surface area (TPSA) is 87.9 Å². The van der Waals surface area contributed by atoms with Crippen molar-refractivity contribution in [3.8, 4) is 0 Å². The number of hydrogen-bond donors (Lipinski definition) is 2. The molecule has 1 aromatic heterocycles. The highest BCUT2D eigenvalue weighted by Crippen LogP contribution is 2.19. The SMILES string of the molecule is N/C(Cc1coc(N2CCCC2)n1)=N\O. The van der Waals surface area contributed by atoms with Gasteiger partial charge in [0.25, 0.3) is 6.01 Å². The van der Waals surface area contributed by atoms with Crippen LogP contribution in [0.25, 0.3) is 0 Å². The van der Waals surface area contributed by atoms with Gasteiger partial charge in [0.1, 0.15) is 12.1 Å². The second-order valence-corrected chi connectivity index (χ2v) is 3.58. The molecule has 1 aromatic rings.